The number of hydrogen-bond donors (Lipinski definition) is 2. The van der Waals surface area contributed by atoms with Gasteiger partial charge in [-0.3, -0.25) is 9.59 Å². The van der Waals surface area contributed by atoms with Crippen molar-refractivity contribution in [3.8, 4) is 0 Å². The smallest absolute Gasteiger partial charge is 0.291 e. The average molecular weight is 411 g/mol. The van der Waals surface area contributed by atoms with E-state index in [1.54, 1.807) is 29.3 Å². The summed E-state index contributed by atoms with van der Waals surface area (Å²) < 4.78 is 5.39. The van der Waals surface area contributed by atoms with Gasteiger partial charge in [-0.25, -0.2) is 0 Å². The molecule has 1 aliphatic heterocycles. The Hall–Kier alpha value is -2.73. The Kier molecular flexibility index (Phi) is 7.36. The first kappa shape index (κ1) is 21.0. The molecule has 0 fully saturated rings. The van der Waals surface area contributed by atoms with Crippen LogP contribution in [0.25, 0.3) is 0 Å². The van der Waals surface area contributed by atoms with E-state index in [9.17, 15) is 9.59 Å². The van der Waals surface area contributed by atoms with Gasteiger partial charge in [-0.2, -0.15) is 0 Å². The lowest BCUT2D eigenvalue weighted by Crippen LogP contribution is -2.33. The predicted octanol–water partition coefficient (Wildman–Crippen LogP) is 4.29. The van der Waals surface area contributed by atoms with Crippen LogP contribution in [0.3, 0.4) is 0 Å². The third kappa shape index (κ3) is 6.12. The third-order valence-corrected chi connectivity index (χ3v) is 5.49. The van der Waals surface area contributed by atoms with E-state index in [4.69, 9.17) is 4.74 Å². The Bertz CT molecular complexity index is 896. The largest absolute Gasteiger partial charge is 0.487 e. The summed E-state index contributed by atoms with van der Waals surface area (Å²) in [5.41, 5.74) is 3.27. The molecule has 1 heterocycles. The normalized spacial score (nSPS) is 14.3. The van der Waals surface area contributed by atoms with Gasteiger partial charge in [0.2, 0.25) is 0 Å². The minimum absolute atomic E-state index is 0.0415. The monoisotopic (exact) mass is 410 g/mol. The molecule has 3 rings (SSSR count). The summed E-state index contributed by atoms with van der Waals surface area (Å²) >= 11 is 1.55. The van der Waals surface area contributed by atoms with Gasteiger partial charge in [-0.05, 0) is 49.9 Å². The maximum Gasteiger partial charge on any atom is 0.291 e. The van der Waals surface area contributed by atoms with Crippen LogP contribution in [0.1, 0.15) is 34.8 Å². The number of rotatable bonds is 7. The highest BCUT2D eigenvalue weighted by atomic mass is 32.2. The lowest BCUT2D eigenvalue weighted by atomic mass is 10.1. The zero-order valence-electron chi connectivity index (χ0n) is 16.7. The number of thioether (sulfide) groups is 1. The summed E-state index contributed by atoms with van der Waals surface area (Å²) in [4.78, 5) is 25.0. The van der Waals surface area contributed by atoms with Gasteiger partial charge in [0, 0.05) is 28.5 Å². The van der Waals surface area contributed by atoms with Gasteiger partial charge in [-0.1, -0.05) is 36.4 Å². The van der Waals surface area contributed by atoms with Crippen molar-refractivity contribution >= 4 is 29.3 Å². The molecule has 2 N–H and O–H groups in total. The lowest BCUT2D eigenvalue weighted by molar-refractivity contribution is -0.116. The van der Waals surface area contributed by atoms with E-state index in [0.717, 1.165) is 24.2 Å². The molecule has 0 bridgehead atoms. The van der Waals surface area contributed by atoms with Crippen molar-refractivity contribution in [1.82, 2.24) is 5.32 Å². The number of aryl methyl sites for hydroxylation is 2. The molecule has 0 saturated heterocycles. The molecule has 0 saturated carbocycles. The average Bonchev–Trinajstić information content (AvgIpc) is 2.75. The minimum atomic E-state index is -0.297. The molecule has 1 aliphatic rings. The van der Waals surface area contributed by atoms with Crippen LogP contribution in [0.5, 0.6) is 0 Å². The second-order valence-corrected chi connectivity index (χ2v) is 8.06. The Morgan fingerprint density at radius 2 is 1.93 bits per heavy atom. The summed E-state index contributed by atoms with van der Waals surface area (Å²) in [6.07, 6.45) is 1.76. The summed E-state index contributed by atoms with van der Waals surface area (Å²) in [5.74, 6) is 0.706. The quantitative estimate of drug-likeness (QED) is 0.715. The number of benzene rings is 2. The van der Waals surface area contributed by atoms with Crippen LogP contribution in [0.4, 0.5) is 5.69 Å². The highest BCUT2D eigenvalue weighted by molar-refractivity contribution is 8.02. The van der Waals surface area contributed by atoms with Crippen LogP contribution >= 0.6 is 11.8 Å². The molecule has 2 aromatic rings. The molecule has 2 amide bonds. The topological polar surface area (TPSA) is 67.4 Å². The third-order valence-electron chi connectivity index (χ3n) is 4.71. The Morgan fingerprint density at radius 1 is 1.14 bits per heavy atom. The molecule has 5 nitrogen and oxygen atoms in total. The lowest BCUT2D eigenvalue weighted by Gasteiger charge is -2.17. The van der Waals surface area contributed by atoms with E-state index >= 15 is 0 Å². The summed E-state index contributed by atoms with van der Waals surface area (Å²) in [5, 5.41) is 7.61. The van der Waals surface area contributed by atoms with Gasteiger partial charge >= 0.3 is 0 Å². The molecule has 0 radical (unpaired) electrons. The van der Waals surface area contributed by atoms with Crippen molar-refractivity contribution in [2.24, 2.45) is 0 Å². The molecule has 152 valence electrons. The van der Waals surface area contributed by atoms with Crippen molar-refractivity contribution in [2.75, 3.05) is 17.7 Å². The van der Waals surface area contributed by atoms with E-state index in [1.165, 1.54) is 5.56 Å². The van der Waals surface area contributed by atoms with Crippen molar-refractivity contribution in [3.63, 3.8) is 0 Å². The molecule has 1 unspecified atom stereocenters. The maximum atomic E-state index is 12.7. The van der Waals surface area contributed by atoms with Crippen molar-refractivity contribution in [3.05, 3.63) is 76.4 Å². The molecule has 0 aromatic heterocycles. The van der Waals surface area contributed by atoms with Gasteiger partial charge in [0.25, 0.3) is 11.8 Å². The van der Waals surface area contributed by atoms with Crippen LogP contribution in [0.2, 0.25) is 0 Å². The maximum absolute atomic E-state index is 12.7. The Balaban J connectivity index is 1.59. The van der Waals surface area contributed by atoms with Gasteiger partial charge in [0.15, 0.2) is 5.76 Å². The highest BCUT2D eigenvalue weighted by Gasteiger charge is 2.17. The van der Waals surface area contributed by atoms with Crippen LogP contribution in [0.15, 0.2) is 59.7 Å². The molecule has 0 spiro atoms. The zero-order chi connectivity index (χ0) is 20.6. The number of carbonyl (C=O) groups excluding carboxylic acids is 2. The summed E-state index contributed by atoms with van der Waals surface area (Å²) in [6.45, 7) is 4.42. The Labute approximate surface area is 175 Å². The number of nitrogens with one attached hydrogen (secondary N) is 2. The number of carbonyl (C=O) groups is 2. The molecule has 2 aromatic carbocycles. The minimum Gasteiger partial charge on any atom is -0.487 e. The second-order valence-electron chi connectivity index (χ2n) is 7.08. The van der Waals surface area contributed by atoms with Gasteiger partial charge in [0.05, 0.1) is 6.61 Å². The summed E-state index contributed by atoms with van der Waals surface area (Å²) in [6, 6.07) is 15.6. The predicted molar refractivity (Wildman–Crippen MR) is 118 cm³/mol. The summed E-state index contributed by atoms with van der Waals surface area (Å²) in [7, 11) is 0. The van der Waals surface area contributed by atoms with Crippen LogP contribution in [0, 0.1) is 6.92 Å². The van der Waals surface area contributed by atoms with Gasteiger partial charge in [-0.15, -0.1) is 11.8 Å². The molecular formula is C23H26N2O3S. The fourth-order valence-corrected chi connectivity index (χ4v) is 3.60. The van der Waals surface area contributed by atoms with Crippen molar-refractivity contribution in [2.45, 2.75) is 32.7 Å². The first-order valence-electron chi connectivity index (χ1n) is 9.74. The number of anilines is 1. The van der Waals surface area contributed by atoms with Crippen LogP contribution in [-0.4, -0.2) is 30.2 Å². The van der Waals surface area contributed by atoms with E-state index in [-0.39, 0.29) is 17.9 Å². The van der Waals surface area contributed by atoms with E-state index in [2.05, 4.69) is 22.8 Å². The molecular weight excluding hydrogens is 384 g/mol. The van der Waals surface area contributed by atoms with E-state index in [1.807, 2.05) is 38.1 Å². The number of ether oxygens (including phenoxy) is 1. The first-order valence-corrected chi connectivity index (χ1v) is 10.8. The SMILES string of the molecule is Cc1ccc(C(=O)NC(C)CCc2ccccc2)cc1NC(=O)C1=CSCCO1. The zero-order valence-corrected chi connectivity index (χ0v) is 17.6. The highest BCUT2D eigenvalue weighted by Crippen LogP contribution is 2.21. The van der Waals surface area contributed by atoms with Crippen LogP contribution < -0.4 is 10.6 Å². The number of hydrogen-bond acceptors (Lipinski definition) is 4. The fourth-order valence-electron chi connectivity index (χ4n) is 2.98. The first-order chi connectivity index (χ1) is 14.0. The van der Waals surface area contributed by atoms with E-state index in [0.29, 0.717) is 23.6 Å². The van der Waals surface area contributed by atoms with Gasteiger partial charge < -0.3 is 15.4 Å². The van der Waals surface area contributed by atoms with Crippen LogP contribution in [-0.2, 0) is 16.0 Å². The molecule has 29 heavy (non-hydrogen) atoms. The number of amides is 2. The van der Waals surface area contributed by atoms with Crippen molar-refractivity contribution in [1.29, 1.82) is 0 Å². The fraction of sp³-hybridized carbons (Fsp3) is 0.304. The molecule has 6 heteroatoms. The standard InChI is InChI=1S/C23H26N2O3S/c1-16-8-11-19(14-20(16)25-23(27)21-15-29-13-12-28-21)22(26)24-17(2)9-10-18-6-4-3-5-7-18/h3-8,11,14-15,17H,9-10,12-13H2,1-2H3,(H,24,26)(H,25,27). The molecule has 0 aliphatic carbocycles. The molecule has 1 atom stereocenters. The second kappa shape index (κ2) is 10.2. The van der Waals surface area contributed by atoms with E-state index < -0.39 is 0 Å². The van der Waals surface area contributed by atoms with Gasteiger partial charge in [0.1, 0.15) is 0 Å². The van der Waals surface area contributed by atoms with Crippen molar-refractivity contribution < 1.29 is 14.3 Å². The Morgan fingerprint density at radius 3 is 2.66 bits per heavy atom.